The number of nitrogens with one attached hydrogen (secondary N) is 1. The molecule has 5 rings (SSSR count). The topological polar surface area (TPSA) is 123 Å². The Hall–Kier alpha value is -4.30. The lowest BCUT2D eigenvalue weighted by Gasteiger charge is -2.27. The maximum absolute atomic E-state index is 12.4. The zero-order chi connectivity index (χ0) is 23.2. The lowest BCUT2D eigenvalue weighted by molar-refractivity contribution is -0.133. The van der Waals surface area contributed by atoms with E-state index in [1.165, 1.54) is 0 Å². The number of hydrogen-bond acceptors (Lipinski definition) is 5. The molecule has 0 fully saturated rings. The first-order chi connectivity index (χ1) is 15.9. The third-order valence-corrected chi connectivity index (χ3v) is 5.85. The smallest absolute Gasteiger partial charge is 0.258 e. The van der Waals surface area contributed by atoms with Crippen LogP contribution in [-0.2, 0) is 17.4 Å². The predicted octanol–water partition coefficient (Wildman–Crippen LogP) is 3.06. The first kappa shape index (κ1) is 20.6. The number of amides is 1. The van der Waals surface area contributed by atoms with Gasteiger partial charge in [0.05, 0.1) is 17.3 Å². The van der Waals surface area contributed by atoms with Gasteiger partial charge < -0.3 is 15.8 Å². The normalized spacial score (nSPS) is 13.2. The molecule has 2 aromatic carbocycles. The Morgan fingerprint density at radius 1 is 1.12 bits per heavy atom. The van der Waals surface area contributed by atoms with E-state index in [9.17, 15) is 9.90 Å². The van der Waals surface area contributed by atoms with E-state index in [1.54, 1.807) is 47.4 Å². The minimum atomic E-state index is -1.93. The van der Waals surface area contributed by atoms with Gasteiger partial charge in [0.1, 0.15) is 5.82 Å². The Morgan fingerprint density at radius 3 is 2.58 bits per heavy atom. The average Bonchev–Trinajstić information content (AvgIpc) is 3.45. The number of nitrogens with two attached hydrogens (primary N) is 1. The molecule has 0 spiro atoms. The molecule has 1 amide bonds. The number of hydrogen-bond donors (Lipinski definition) is 3. The van der Waals surface area contributed by atoms with Gasteiger partial charge in [-0.2, -0.15) is 5.10 Å². The van der Waals surface area contributed by atoms with Crippen LogP contribution in [0.25, 0.3) is 33.7 Å². The van der Waals surface area contributed by atoms with Crippen LogP contribution < -0.4 is 5.73 Å². The van der Waals surface area contributed by atoms with Crippen LogP contribution in [0.3, 0.4) is 0 Å². The maximum Gasteiger partial charge on any atom is 0.258 e. The second-order valence-electron chi connectivity index (χ2n) is 8.02. The van der Waals surface area contributed by atoms with E-state index in [0.717, 1.165) is 27.8 Å². The lowest BCUT2D eigenvalue weighted by atomic mass is 9.82. The predicted molar refractivity (Wildman–Crippen MR) is 125 cm³/mol. The third-order valence-electron chi connectivity index (χ3n) is 5.85. The van der Waals surface area contributed by atoms with Crippen molar-refractivity contribution in [1.82, 2.24) is 24.7 Å². The molecule has 0 saturated heterocycles. The van der Waals surface area contributed by atoms with Crippen molar-refractivity contribution in [2.75, 3.05) is 0 Å². The number of H-pyrrole nitrogens is 1. The van der Waals surface area contributed by atoms with Crippen LogP contribution in [0, 0.1) is 6.92 Å². The first-order valence-electron chi connectivity index (χ1n) is 10.4. The number of aliphatic hydroxyl groups is 1. The minimum absolute atomic E-state index is 0.425. The van der Waals surface area contributed by atoms with E-state index in [1.807, 2.05) is 44.4 Å². The van der Waals surface area contributed by atoms with E-state index < -0.39 is 11.5 Å². The highest BCUT2D eigenvalue weighted by molar-refractivity contribution is 5.93. The summed E-state index contributed by atoms with van der Waals surface area (Å²) in [5.74, 6) is -0.149. The molecule has 1 unspecified atom stereocenters. The van der Waals surface area contributed by atoms with Gasteiger partial charge >= 0.3 is 0 Å². The van der Waals surface area contributed by atoms with Gasteiger partial charge in [0, 0.05) is 30.6 Å². The van der Waals surface area contributed by atoms with Crippen LogP contribution in [0.2, 0.25) is 0 Å². The second kappa shape index (κ2) is 7.68. The van der Waals surface area contributed by atoms with E-state index in [-0.39, 0.29) is 0 Å². The first-order valence-corrected chi connectivity index (χ1v) is 10.4. The van der Waals surface area contributed by atoms with Crippen LogP contribution in [0.1, 0.15) is 16.7 Å². The number of imidazole rings is 1. The van der Waals surface area contributed by atoms with Gasteiger partial charge in [-0.25, -0.2) is 9.97 Å². The molecule has 0 saturated carbocycles. The van der Waals surface area contributed by atoms with Crippen molar-refractivity contribution in [3.63, 3.8) is 0 Å². The lowest BCUT2D eigenvalue weighted by Crippen LogP contribution is -2.42. The van der Waals surface area contributed by atoms with Crippen LogP contribution in [-0.4, -0.2) is 35.7 Å². The van der Waals surface area contributed by atoms with Gasteiger partial charge in [0.2, 0.25) is 0 Å². The summed E-state index contributed by atoms with van der Waals surface area (Å²) < 4.78 is 1.71. The minimum Gasteiger partial charge on any atom is -0.372 e. The monoisotopic (exact) mass is 438 g/mol. The zero-order valence-electron chi connectivity index (χ0n) is 18.1. The number of pyridine rings is 1. The number of nitrogens with zero attached hydrogens (tertiary/aromatic N) is 4. The molecule has 8 nitrogen and oxygen atoms in total. The molecule has 5 aromatic rings. The summed E-state index contributed by atoms with van der Waals surface area (Å²) in [6.45, 7) is 1.85. The second-order valence-corrected chi connectivity index (χ2v) is 8.02. The fourth-order valence-corrected chi connectivity index (χ4v) is 4.18. The summed E-state index contributed by atoms with van der Waals surface area (Å²) in [7, 11) is 1.85. The van der Waals surface area contributed by atoms with Crippen molar-refractivity contribution in [2.24, 2.45) is 12.8 Å². The van der Waals surface area contributed by atoms with Gasteiger partial charge in [-0.1, -0.05) is 48.5 Å². The van der Waals surface area contributed by atoms with Crippen LogP contribution >= 0.6 is 0 Å². The Morgan fingerprint density at radius 2 is 1.91 bits per heavy atom. The van der Waals surface area contributed by atoms with Crippen LogP contribution in [0.5, 0.6) is 0 Å². The van der Waals surface area contributed by atoms with Gasteiger partial charge in [-0.3, -0.25) is 9.48 Å². The van der Waals surface area contributed by atoms with Gasteiger partial charge in [0.15, 0.2) is 11.2 Å². The standard InChI is InChI=1S/C25H22N6O2/c1-15-12-16(8-9-20(15)25(33,24(26)32)18-6-4-3-5-7-18)19-10-11-27-23-21(19)29-22(30-23)17-13-28-31(2)14-17/h3-14,33H,1-2H3,(H2,26,32)(H,27,29,30). The Bertz CT molecular complexity index is 1490. The van der Waals surface area contributed by atoms with E-state index in [2.05, 4.69) is 20.1 Å². The molecule has 3 aromatic heterocycles. The number of benzene rings is 2. The molecule has 0 aliphatic carbocycles. The highest BCUT2D eigenvalue weighted by atomic mass is 16.3. The average molecular weight is 438 g/mol. The largest absolute Gasteiger partial charge is 0.372 e. The van der Waals surface area contributed by atoms with Crippen LogP contribution in [0.4, 0.5) is 0 Å². The number of aromatic nitrogens is 5. The number of aromatic amines is 1. The summed E-state index contributed by atoms with van der Waals surface area (Å²) in [5, 5.41) is 15.6. The zero-order valence-corrected chi connectivity index (χ0v) is 18.1. The van der Waals surface area contributed by atoms with Crippen molar-refractivity contribution in [3.8, 4) is 22.5 Å². The van der Waals surface area contributed by atoms with Gasteiger partial charge in [-0.05, 0) is 29.7 Å². The number of rotatable bonds is 5. The molecule has 0 bridgehead atoms. The molecule has 3 heterocycles. The summed E-state index contributed by atoms with van der Waals surface area (Å²) >= 11 is 0. The van der Waals surface area contributed by atoms with E-state index in [0.29, 0.717) is 22.6 Å². The molecule has 0 aliphatic rings. The number of carbonyl (C=O) groups excluding carboxylic acids is 1. The number of aryl methyl sites for hydroxylation is 2. The van der Waals surface area contributed by atoms with Gasteiger partial charge in [0.25, 0.3) is 5.91 Å². The summed E-state index contributed by atoms with van der Waals surface area (Å²) in [6, 6.07) is 16.2. The Kier molecular flexibility index (Phi) is 4.79. The summed E-state index contributed by atoms with van der Waals surface area (Å²) in [5.41, 5.74) is 9.37. The molecule has 4 N–H and O–H groups in total. The fraction of sp³-hybridized carbons (Fsp3) is 0.120. The van der Waals surface area contributed by atoms with Crippen molar-refractivity contribution < 1.29 is 9.90 Å². The third kappa shape index (κ3) is 3.37. The summed E-state index contributed by atoms with van der Waals surface area (Å²) in [6.07, 6.45) is 5.33. The molecule has 0 aliphatic heterocycles. The van der Waals surface area contributed by atoms with E-state index in [4.69, 9.17) is 5.73 Å². The molecular weight excluding hydrogens is 416 g/mol. The Balaban J connectivity index is 1.61. The van der Waals surface area contributed by atoms with Crippen molar-refractivity contribution in [2.45, 2.75) is 12.5 Å². The Labute approximate surface area is 189 Å². The highest BCUT2D eigenvalue weighted by Gasteiger charge is 2.39. The molecule has 8 heteroatoms. The quantitative estimate of drug-likeness (QED) is 0.389. The molecular formula is C25H22N6O2. The van der Waals surface area contributed by atoms with Gasteiger partial charge in [-0.15, -0.1) is 0 Å². The number of primary amides is 1. The molecule has 1 atom stereocenters. The molecule has 33 heavy (non-hydrogen) atoms. The van der Waals surface area contributed by atoms with Crippen molar-refractivity contribution in [1.29, 1.82) is 0 Å². The number of fused-ring (bicyclic) bond motifs is 1. The van der Waals surface area contributed by atoms with E-state index >= 15 is 0 Å². The van der Waals surface area contributed by atoms with Crippen molar-refractivity contribution >= 4 is 17.1 Å². The van der Waals surface area contributed by atoms with Crippen LogP contribution in [0.15, 0.2) is 73.2 Å². The fourth-order valence-electron chi connectivity index (χ4n) is 4.18. The SMILES string of the molecule is Cc1cc(-c2ccnc3nc(-c4cnn(C)c4)[nH]c23)ccc1C(O)(C(N)=O)c1ccccc1. The van der Waals surface area contributed by atoms with Crippen molar-refractivity contribution in [3.05, 3.63) is 89.9 Å². The molecule has 164 valence electrons. The number of carbonyl (C=O) groups is 1. The maximum atomic E-state index is 12.4. The summed E-state index contributed by atoms with van der Waals surface area (Å²) in [4.78, 5) is 24.7. The molecule has 0 radical (unpaired) electrons. The highest BCUT2D eigenvalue weighted by Crippen LogP contribution is 2.35.